The van der Waals surface area contributed by atoms with E-state index in [1.807, 2.05) is 23.6 Å². The second kappa shape index (κ2) is 6.43. The van der Waals surface area contributed by atoms with E-state index < -0.39 is 0 Å². The number of hydrogen-bond acceptors (Lipinski definition) is 5. The number of fused-ring (bicyclic) bond motifs is 1. The molecule has 106 valence electrons. The van der Waals surface area contributed by atoms with Gasteiger partial charge in [0.2, 0.25) is 0 Å². The van der Waals surface area contributed by atoms with Crippen LogP contribution < -0.4 is 5.73 Å². The second-order valence-electron chi connectivity index (χ2n) is 5.15. The second-order valence-corrected chi connectivity index (χ2v) is 6.24. The fourth-order valence-corrected chi connectivity index (χ4v) is 3.67. The minimum atomic E-state index is 0.796. The molecule has 3 rings (SSSR count). The van der Waals surface area contributed by atoms with E-state index in [9.17, 15) is 0 Å². The normalized spacial score (nSPS) is 15.2. The molecule has 5 heteroatoms. The van der Waals surface area contributed by atoms with E-state index in [0.717, 1.165) is 49.6 Å². The Hall–Kier alpha value is -1.30. The highest BCUT2D eigenvalue weighted by Crippen LogP contribution is 2.31. The first-order valence-electron chi connectivity index (χ1n) is 7.18. The molecule has 1 aliphatic heterocycles. The van der Waals surface area contributed by atoms with Crippen LogP contribution in [-0.4, -0.2) is 34.5 Å². The first-order chi connectivity index (χ1) is 9.86. The fraction of sp³-hybridized carbons (Fsp3) is 0.467. The molecule has 0 radical (unpaired) electrons. The van der Waals surface area contributed by atoms with Gasteiger partial charge < -0.3 is 5.73 Å². The van der Waals surface area contributed by atoms with Crippen molar-refractivity contribution in [2.24, 2.45) is 5.73 Å². The molecule has 0 amide bonds. The maximum atomic E-state index is 5.56. The summed E-state index contributed by atoms with van der Waals surface area (Å²) < 4.78 is 0. The molecule has 0 bridgehead atoms. The largest absolute Gasteiger partial charge is 0.330 e. The van der Waals surface area contributed by atoms with Crippen LogP contribution in [0.1, 0.15) is 23.4 Å². The molecule has 2 N–H and O–H groups in total. The molecule has 0 fully saturated rings. The molecular formula is C15H20N4S. The minimum absolute atomic E-state index is 0.796. The van der Waals surface area contributed by atoms with Gasteiger partial charge in [0, 0.05) is 42.3 Å². The number of nitrogens with zero attached hydrogens (tertiary/aromatic N) is 3. The van der Waals surface area contributed by atoms with Gasteiger partial charge in [0.05, 0.1) is 5.69 Å². The van der Waals surface area contributed by atoms with Crippen molar-refractivity contribution < 1.29 is 0 Å². The molecular weight excluding hydrogens is 268 g/mol. The maximum absolute atomic E-state index is 5.56. The average Bonchev–Trinajstić information content (AvgIpc) is 2.92. The summed E-state index contributed by atoms with van der Waals surface area (Å²) in [5, 5.41) is 1.10. The van der Waals surface area contributed by atoms with E-state index in [2.05, 4.69) is 16.0 Å². The van der Waals surface area contributed by atoms with Crippen LogP contribution in [0.15, 0.2) is 24.5 Å². The van der Waals surface area contributed by atoms with Gasteiger partial charge in [-0.2, -0.15) is 0 Å². The molecule has 2 aromatic heterocycles. The van der Waals surface area contributed by atoms with Gasteiger partial charge in [0.15, 0.2) is 0 Å². The first-order valence-corrected chi connectivity index (χ1v) is 8.00. The third-order valence-corrected chi connectivity index (χ3v) is 4.78. The summed E-state index contributed by atoms with van der Waals surface area (Å²) >= 11 is 1.81. The molecule has 4 nitrogen and oxygen atoms in total. The number of nitrogens with two attached hydrogens (primary N) is 1. The van der Waals surface area contributed by atoms with Crippen molar-refractivity contribution in [3.8, 4) is 10.6 Å². The molecule has 0 saturated heterocycles. The van der Waals surface area contributed by atoms with Gasteiger partial charge >= 0.3 is 0 Å². The van der Waals surface area contributed by atoms with Crippen LogP contribution in [0.3, 0.4) is 0 Å². The monoisotopic (exact) mass is 288 g/mol. The number of rotatable bonds is 5. The lowest BCUT2D eigenvalue weighted by molar-refractivity contribution is 0.251. The standard InChI is InChI=1S/C15H20N4S/c16-6-1-2-8-19-9-5-13-14(11-19)20-15(18-13)12-4-3-7-17-10-12/h3-4,7,10H,1-2,5-6,8-9,11,16H2. The molecule has 20 heavy (non-hydrogen) atoms. The average molecular weight is 288 g/mol. The molecule has 0 aromatic carbocycles. The Balaban J connectivity index is 1.70. The highest BCUT2D eigenvalue weighted by Gasteiger charge is 2.20. The highest BCUT2D eigenvalue weighted by molar-refractivity contribution is 7.15. The van der Waals surface area contributed by atoms with Crippen molar-refractivity contribution >= 4 is 11.3 Å². The number of aromatic nitrogens is 2. The Labute approximate surface area is 123 Å². The van der Waals surface area contributed by atoms with Crippen molar-refractivity contribution in [1.82, 2.24) is 14.9 Å². The highest BCUT2D eigenvalue weighted by atomic mass is 32.1. The van der Waals surface area contributed by atoms with Crippen molar-refractivity contribution in [1.29, 1.82) is 0 Å². The lowest BCUT2D eigenvalue weighted by Gasteiger charge is -2.25. The third kappa shape index (κ3) is 3.06. The zero-order chi connectivity index (χ0) is 13.8. The van der Waals surface area contributed by atoms with Gasteiger partial charge in [-0.15, -0.1) is 11.3 Å². The first kappa shape index (κ1) is 13.7. The number of thiazole rings is 1. The van der Waals surface area contributed by atoms with Gasteiger partial charge in [-0.25, -0.2) is 4.98 Å². The van der Waals surface area contributed by atoms with Gasteiger partial charge in [-0.05, 0) is 38.1 Å². The Morgan fingerprint density at radius 1 is 1.35 bits per heavy atom. The minimum Gasteiger partial charge on any atom is -0.330 e. The van der Waals surface area contributed by atoms with Crippen LogP contribution in [0.5, 0.6) is 0 Å². The van der Waals surface area contributed by atoms with Crippen molar-refractivity contribution in [3.63, 3.8) is 0 Å². The Morgan fingerprint density at radius 2 is 2.30 bits per heavy atom. The van der Waals surface area contributed by atoms with E-state index in [-0.39, 0.29) is 0 Å². The van der Waals surface area contributed by atoms with E-state index in [4.69, 9.17) is 10.7 Å². The third-order valence-electron chi connectivity index (χ3n) is 3.65. The number of unbranched alkanes of at least 4 members (excludes halogenated alkanes) is 1. The van der Waals surface area contributed by atoms with E-state index >= 15 is 0 Å². The van der Waals surface area contributed by atoms with Gasteiger partial charge in [-0.3, -0.25) is 9.88 Å². The molecule has 0 aliphatic carbocycles. The number of pyridine rings is 1. The summed E-state index contributed by atoms with van der Waals surface area (Å²) in [5.41, 5.74) is 7.96. The topological polar surface area (TPSA) is 55.0 Å². The molecule has 1 aliphatic rings. The predicted octanol–water partition coefficient (Wildman–Crippen LogP) is 2.30. The Bertz CT molecular complexity index is 552. The van der Waals surface area contributed by atoms with Crippen molar-refractivity contribution in [2.75, 3.05) is 19.6 Å². The smallest absolute Gasteiger partial charge is 0.125 e. The summed E-state index contributed by atoms with van der Waals surface area (Å²) in [6.45, 7) is 4.10. The SMILES string of the molecule is NCCCCN1CCc2nc(-c3cccnc3)sc2C1. The lowest BCUT2D eigenvalue weighted by atomic mass is 10.1. The quantitative estimate of drug-likeness (QED) is 0.858. The van der Waals surface area contributed by atoms with E-state index in [1.165, 1.54) is 17.0 Å². The number of hydrogen-bond donors (Lipinski definition) is 1. The van der Waals surface area contributed by atoms with Crippen LogP contribution >= 0.6 is 11.3 Å². The summed E-state index contributed by atoms with van der Waals surface area (Å²) in [5.74, 6) is 0. The van der Waals surface area contributed by atoms with Crippen LogP contribution in [0.25, 0.3) is 10.6 Å². The van der Waals surface area contributed by atoms with Crippen molar-refractivity contribution in [2.45, 2.75) is 25.8 Å². The van der Waals surface area contributed by atoms with Crippen LogP contribution in [0.2, 0.25) is 0 Å². The van der Waals surface area contributed by atoms with Crippen LogP contribution in [0, 0.1) is 0 Å². The van der Waals surface area contributed by atoms with Crippen LogP contribution in [0.4, 0.5) is 0 Å². The fourth-order valence-electron chi connectivity index (χ4n) is 2.53. The Kier molecular flexibility index (Phi) is 4.40. The van der Waals surface area contributed by atoms with E-state index in [0.29, 0.717) is 0 Å². The molecule has 0 saturated carbocycles. The van der Waals surface area contributed by atoms with Gasteiger partial charge in [-0.1, -0.05) is 0 Å². The molecule has 0 spiro atoms. The lowest BCUT2D eigenvalue weighted by Crippen LogP contribution is -2.31. The van der Waals surface area contributed by atoms with Gasteiger partial charge in [0.25, 0.3) is 0 Å². The predicted molar refractivity (Wildman–Crippen MR) is 82.6 cm³/mol. The Morgan fingerprint density at radius 3 is 3.10 bits per heavy atom. The summed E-state index contributed by atoms with van der Waals surface area (Å²) in [4.78, 5) is 12.9. The molecule has 2 aromatic rings. The van der Waals surface area contributed by atoms with Crippen molar-refractivity contribution in [3.05, 3.63) is 35.1 Å². The van der Waals surface area contributed by atoms with Crippen LogP contribution in [-0.2, 0) is 13.0 Å². The molecule has 0 atom stereocenters. The van der Waals surface area contributed by atoms with E-state index in [1.54, 1.807) is 6.20 Å². The summed E-state index contributed by atoms with van der Waals surface area (Å²) in [6, 6.07) is 4.05. The molecule has 3 heterocycles. The van der Waals surface area contributed by atoms with Gasteiger partial charge in [0.1, 0.15) is 5.01 Å². The zero-order valence-electron chi connectivity index (χ0n) is 11.6. The molecule has 0 unspecified atom stereocenters. The summed E-state index contributed by atoms with van der Waals surface area (Å²) in [7, 11) is 0. The zero-order valence-corrected chi connectivity index (χ0v) is 12.4. The maximum Gasteiger partial charge on any atom is 0.125 e. The summed E-state index contributed by atoms with van der Waals surface area (Å²) in [6.07, 6.45) is 7.07.